The molecule has 0 aromatic heterocycles. The van der Waals surface area contributed by atoms with Gasteiger partial charge in [0, 0.05) is 0 Å². The first-order valence-corrected chi connectivity index (χ1v) is 28.6. The molecule has 348 valence electrons. The molecule has 11 rings (SSSR count). The molecule has 11 aromatic carbocycles. The molecular formula is C65H52Au2P2S+2. The van der Waals surface area contributed by atoms with Crippen LogP contribution in [0.5, 0.6) is 0 Å². The maximum absolute atomic E-state index is 7.46. The molecule has 70 heavy (non-hydrogen) atoms. The minimum Gasteiger partial charge on any atom is -0.366 e. The van der Waals surface area contributed by atoms with Crippen molar-refractivity contribution in [1.82, 2.24) is 0 Å². The summed E-state index contributed by atoms with van der Waals surface area (Å²) in [4.78, 5) is 1.48. The third kappa shape index (κ3) is 11.7. The van der Waals surface area contributed by atoms with E-state index in [4.69, 9.17) is 12.8 Å². The van der Waals surface area contributed by atoms with Gasteiger partial charge in [-0.15, -0.1) is 11.1 Å². The van der Waals surface area contributed by atoms with Crippen LogP contribution >= 0.6 is 25.9 Å². The molecule has 0 spiro atoms. The van der Waals surface area contributed by atoms with Gasteiger partial charge in [-0.05, 0) is 124 Å². The van der Waals surface area contributed by atoms with Crippen molar-refractivity contribution in [2.24, 2.45) is 0 Å². The molecule has 0 radical (unpaired) electrons. The maximum Gasteiger partial charge on any atom is 1.00 e. The number of rotatable bonds is 7. The van der Waals surface area contributed by atoms with E-state index in [0.717, 1.165) is 54.2 Å². The van der Waals surface area contributed by atoms with E-state index >= 15 is 0 Å². The van der Waals surface area contributed by atoms with Crippen LogP contribution in [0.1, 0.15) is 11.1 Å². The molecule has 11 aromatic rings. The predicted molar refractivity (Wildman–Crippen MR) is 306 cm³/mol. The molecule has 0 unspecified atom stereocenters. The minimum absolute atomic E-state index is 0. The molecule has 0 saturated carbocycles. The zero-order chi connectivity index (χ0) is 46.9. The van der Waals surface area contributed by atoms with Crippen LogP contribution in [0, 0.1) is 24.7 Å². The largest absolute Gasteiger partial charge is 1.00 e. The molecule has 0 fully saturated rings. The SMILES string of the molecule is CS(C)(C)c1ccc([PH+](c2ccccc2)c2ccccc2)c([PH+](c2ccccc2)c2ccccc2)c1.[Au+].[Au+].[C-]#Cc1c2ccccc2cc2ccccc12.[C-]#Cc1c2ccccc2cc2ccccc12. The molecule has 0 heterocycles. The second-order valence-corrected chi connectivity index (χ2v) is 26.4. The monoisotopic (exact) mass is 1320 g/mol. The van der Waals surface area contributed by atoms with Crippen molar-refractivity contribution in [3.63, 3.8) is 0 Å². The van der Waals surface area contributed by atoms with Gasteiger partial charge >= 0.3 is 44.8 Å². The second kappa shape index (κ2) is 24.4. The Morgan fingerprint density at radius 1 is 0.314 bits per heavy atom. The van der Waals surface area contributed by atoms with E-state index in [1.54, 1.807) is 5.30 Å². The van der Waals surface area contributed by atoms with Crippen LogP contribution in [0.4, 0.5) is 0 Å². The third-order valence-electron chi connectivity index (χ3n) is 12.3. The molecule has 0 aliphatic heterocycles. The first-order chi connectivity index (χ1) is 33.3. The summed E-state index contributed by atoms with van der Waals surface area (Å²) < 4.78 is 0. The Morgan fingerprint density at radius 2 is 0.586 bits per heavy atom. The van der Waals surface area contributed by atoms with E-state index in [2.05, 4.69) is 207 Å². The Balaban J connectivity index is 0.000000175. The van der Waals surface area contributed by atoms with Crippen molar-refractivity contribution in [3.8, 4) is 11.8 Å². The van der Waals surface area contributed by atoms with E-state index < -0.39 is 25.9 Å². The Labute approximate surface area is 449 Å². The van der Waals surface area contributed by atoms with Crippen LogP contribution < -0.4 is 31.8 Å². The van der Waals surface area contributed by atoms with Gasteiger partial charge in [-0.1, -0.05) is 191 Å². The minimum atomic E-state index is -1.21. The molecular weight excluding hydrogens is 1270 g/mol. The van der Waals surface area contributed by atoms with Gasteiger partial charge in [0.1, 0.15) is 47.7 Å². The molecule has 0 aliphatic rings. The Kier molecular flexibility index (Phi) is 18.2. The van der Waals surface area contributed by atoms with Crippen molar-refractivity contribution in [2.45, 2.75) is 4.90 Å². The molecule has 0 aliphatic carbocycles. The normalized spacial score (nSPS) is 11.0. The summed E-state index contributed by atoms with van der Waals surface area (Å²) in [6, 6.07) is 89.0. The fraction of sp³-hybridized carbons (Fsp3) is 0.0462. The summed E-state index contributed by atoms with van der Waals surface area (Å²) in [5.41, 5.74) is 1.77. The summed E-state index contributed by atoms with van der Waals surface area (Å²) in [6.45, 7) is 0. The van der Waals surface area contributed by atoms with Crippen molar-refractivity contribution in [2.75, 3.05) is 18.8 Å². The topological polar surface area (TPSA) is 0 Å². The first kappa shape index (κ1) is 52.1. The van der Waals surface area contributed by atoms with Gasteiger partial charge in [-0.2, -0.15) is 0 Å². The number of benzene rings is 11. The smallest absolute Gasteiger partial charge is 0.366 e. The van der Waals surface area contributed by atoms with Gasteiger partial charge in [-0.25, -0.2) is 10.0 Å². The van der Waals surface area contributed by atoms with Crippen LogP contribution in [0.15, 0.2) is 254 Å². The van der Waals surface area contributed by atoms with Gasteiger partial charge in [0.05, 0.1) is 0 Å². The van der Waals surface area contributed by atoms with E-state index in [1.807, 2.05) is 72.8 Å². The van der Waals surface area contributed by atoms with E-state index in [0.29, 0.717) is 0 Å². The molecule has 0 bridgehead atoms. The third-order valence-corrected chi connectivity index (χ3v) is 19.8. The molecule has 0 atom stereocenters. The molecule has 5 heteroatoms. The van der Waals surface area contributed by atoms with Crippen LogP contribution in [0.2, 0.25) is 0 Å². The van der Waals surface area contributed by atoms with Gasteiger partial charge in [0.25, 0.3) is 0 Å². The van der Waals surface area contributed by atoms with Crippen molar-refractivity contribution in [3.05, 3.63) is 273 Å². The Morgan fingerprint density at radius 3 is 0.871 bits per heavy atom. The van der Waals surface area contributed by atoms with Crippen LogP contribution in [0.25, 0.3) is 43.1 Å². The van der Waals surface area contributed by atoms with Crippen LogP contribution in [-0.4, -0.2) is 18.8 Å². The first-order valence-electron chi connectivity index (χ1n) is 22.8. The molecule has 0 saturated heterocycles. The second-order valence-electron chi connectivity index (χ2n) is 17.4. The van der Waals surface area contributed by atoms with Gasteiger partial charge in [0.2, 0.25) is 0 Å². The van der Waals surface area contributed by atoms with Gasteiger partial charge in [0.15, 0.2) is 0 Å². The standard InChI is InChI=1S/C33H32P2S.2C16H9.2Au/c1-36(2,3)31-24-25-32(34(27-16-8-4-9-17-27)28-18-10-5-11-19-28)33(26-31)35(29-20-12-6-13-21-29)30-22-14-7-15-23-30;2*1-2-14-15-9-5-3-7-12(15)11-13-8-4-6-10-16(13)14;;/h4-26H,1-3H3;2*3-11H;;/q;2*-1;2*+1/p+2. The van der Waals surface area contributed by atoms with Crippen molar-refractivity contribution < 1.29 is 44.8 Å². The fourth-order valence-electron chi connectivity index (χ4n) is 9.00. The van der Waals surface area contributed by atoms with Gasteiger partial charge < -0.3 is 12.8 Å². The molecule has 0 amide bonds. The van der Waals surface area contributed by atoms with Crippen LogP contribution in [-0.2, 0) is 44.8 Å². The van der Waals surface area contributed by atoms with Crippen molar-refractivity contribution >= 4 is 101 Å². The summed E-state index contributed by atoms with van der Waals surface area (Å²) in [7, 11) is -3.27. The van der Waals surface area contributed by atoms with Gasteiger partial charge in [-0.3, -0.25) is 11.8 Å². The maximum atomic E-state index is 7.46. The zero-order valence-corrected chi connectivity index (χ0v) is 46.3. The van der Waals surface area contributed by atoms with Crippen LogP contribution in [0.3, 0.4) is 0 Å². The van der Waals surface area contributed by atoms with E-state index in [1.165, 1.54) is 31.4 Å². The number of fused-ring (bicyclic) bond motifs is 4. The van der Waals surface area contributed by atoms with Crippen molar-refractivity contribution in [1.29, 1.82) is 0 Å². The fourth-order valence-corrected chi connectivity index (χ4v) is 16.1. The van der Waals surface area contributed by atoms with E-state index in [-0.39, 0.29) is 44.8 Å². The average Bonchev–Trinajstić information content (AvgIpc) is 3.39. The molecule has 0 N–H and O–H groups in total. The average molecular weight is 1320 g/mol. The summed E-state index contributed by atoms with van der Waals surface area (Å²) in [6.07, 6.45) is 22.1. The molecule has 0 nitrogen and oxygen atoms in total. The Hall–Kier alpha value is -5.73. The summed E-state index contributed by atoms with van der Waals surface area (Å²) >= 11 is 0. The van der Waals surface area contributed by atoms with E-state index in [9.17, 15) is 0 Å². The number of hydrogen-bond donors (Lipinski definition) is 0. The quantitative estimate of drug-likeness (QED) is 0.0490. The number of hydrogen-bond acceptors (Lipinski definition) is 0. The predicted octanol–water partition coefficient (Wildman–Crippen LogP) is 13.6. The Bertz CT molecular complexity index is 3260. The summed E-state index contributed by atoms with van der Waals surface area (Å²) in [5.74, 6) is 5.13. The summed E-state index contributed by atoms with van der Waals surface area (Å²) in [5, 5.41) is 17.8. The zero-order valence-electron chi connectivity index (χ0n) is 39.2.